The quantitative estimate of drug-likeness (QED) is 0.713. The van der Waals surface area contributed by atoms with Crippen molar-refractivity contribution in [2.75, 3.05) is 13.3 Å². The fourth-order valence-corrected chi connectivity index (χ4v) is 3.24. The lowest BCUT2D eigenvalue weighted by molar-refractivity contribution is 0.0940. The molecular weight excluding hydrogens is 350 g/mol. The molecule has 2 N–H and O–H groups in total. The van der Waals surface area contributed by atoms with Gasteiger partial charge in [0.1, 0.15) is 5.69 Å². The minimum atomic E-state index is -0.197. The number of aromatic amines is 1. The number of ether oxygens (including phenoxy) is 2. The van der Waals surface area contributed by atoms with Gasteiger partial charge in [0.15, 0.2) is 17.3 Å². The maximum Gasteiger partial charge on any atom is 0.271 e. The van der Waals surface area contributed by atoms with Crippen molar-refractivity contribution >= 4 is 5.91 Å². The molecule has 5 rings (SSSR count). The Balaban J connectivity index is 1.49. The number of rotatable bonds is 2. The van der Waals surface area contributed by atoms with Crippen molar-refractivity contribution in [1.82, 2.24) is 25.4 Å². The van der Waals surface area contributed by atoms with E-state index in [1.54, 1.807) is 12.1 Å². The molecule has 1 aromatic carbocycles. The number of aromatic nitrogens is 4. The average molecular weight is 367 g/mol. The van der Waals surface area contributed by atoms with Crippen LogP contribution in [0.1, 0.15) is 30.0 Å². The van der Waals surface area contributed by atoms with Gasteiger partial charge in [-0.2, -0.15) is 4.98 Å². The van der Waals surface area contributed by atoms with E-state index in [4.69, 9.17) is 14.0 Å². The molecule has 0 atom stereocenters. The minimum absolute atomic E-state index is 0.0698. The molecule has 0 fully saturated rings. The van der Waals surface area contributed by atoms with E-state index in [-0.39, 0.29) is 18.1 Å². The Hall–Kier alpha value is -3.36. The van der Waals surface area contributed by atoms with Crippen molar-refractivity contribution in [2.45, 2.75) is 20.3 Å². The molecule has 0 radical (unpaired) electrons. The Labute approximate surface area is 154 Å². The molecule has 0 saturated carbocycles. The van der Waals surface area contributed by atoms with Crippen LogP contribution in [0.2, 0.25) is 0 Å². The van der Waals surface area contributed by atoms with Crippen LogP contribution in [-0.2, 0) is 6.42 Å². The number of carbonyl (C=O) groups is 1. The third kappa shape index (κ3) is 2.71. The molecule has 1 amide bonds. The van der Waals surface area contributed by atoms with Crippen molar-refractivity contribution in [3.05, 3.63) is 29.6 Å². The molecule has 2 aliphatic heterocycles. The van der Waals surface area contributed by atoms with Crippen LogP contribution < -0.4 is 14.8 Å². The monoisotopic (exact) mass is 367 g/mol. The van der Waals surface area contributed by atoms with Crippen LogP contribution in [0.25, 0.3) is 23.1 Å². The molecule has 9 nitrogen and oxygen atoms in total. The van der Waals surface area contributed by atoms with Crippen molar-refractivity contribution in [3.63, 3.8) is 0 Å². The van der Waals surface area contributed by atoms with Crippen LogP contribution in [-0.4, -0.2) is 39.4 Å². The van der Waals surface area contributed by atoms with E-state index in [0.717, 1.165) is 5.69 Å². The highest BCUT2D eigenvalue weighted by Crippen LogP contribution is 2.36. The Kier molecular flexibility index (Phi) is 3.27. The summed E-state index contributed by atoms with van der Waals surface area (Å²) in [6, 6.07) is 5.40. The normalized spacial score (nSPS) is 17.3. The summed E-state index contributed by atoms with van der Waals surface area (Å²) in [5.74, 6) is 2.15. The molecule has 0 aliphatic carbocycles. The number of fused-ring (bicyclic) bond motifs is 2. The van der Waals surface area contributed by atoms with E-state index in [2.05, 4.69) is 39.3 Å². The first-order valence-corrected chi connectivity index (χ1v) is 8.60. The molecule has 0 saturated heterocycles. The first-order chi connectivity index (χ1) is 13.0. The van der Waals surface area contributed by atoms with Gasteiger partial charge in [-0.25, -0.2) is 4.98 Å². The van der Waals surface area contributed by atoms with Crippen LogP contribution >= 0.6 is 0 Å². The Morgan fingerprint density at radius 1 is 1.15 bits per heavy atom. The van der Waals surface area contributed by atoms with Gasteiger partial charge in [-0.15, -0.1) is 0 Å². The summed E-state index contributed by atoms with van der Waals surface area (Å²) in [6.07, 6.45) is 0.695. The number of benzene rings is 1. The molecule has 0 bridgehead atoms. The molecule has 3 aromatic rings. The third-order valence-corrected chi connectivity index (χ3v) is 4.63. The maximum absolute atomic E-state index is 12.3. The summed E-state index contributed by atoms with van der Waals surface area (Å²) in [7, 11) is 0. The first kappa shape index (κ1) is 15.9. The average Bonchev–Trinajstić information content (AvgIpc) is 3.36. The van der Waals surface area contributed by atoms with Crippen LogP contribution in [0.5, 0.6) is 11.5 Å². The van der Waals surface area contributed by atoms with Gasteiger partial charge in [0.05, 0.1) is 0 Å². The molecule has 27 heavy (non-hydrogen) atoms. The second-order valence-electron chi connectivity index (χ2n) is 7.43. The fraction of sp³-hybridized carbons (Fsp3) is 0.333. The number of nitrogens with zero attached hydrogens (tertiary/aromatic N) is 3. The fourth-order valence-electron chi connectivity index (χ4n) is 3.24. The van der Waals surface area contributed by atoms with Crippen LogP contribution in [0.4, 0.5) is 0 Å². The highest BCUT2D eigenvalue weighted by Gasteiger charge is 2.30. The summed E-state index contributed by atoms with van der Waals surface area (Å²) in [5.41, 5.74) is 1.80. The lowest BCUT2D eigenvalue weighted by Gasteiger charge is -2.21. The molecule has 0 unspecified atom stereocenters. The molecule has 2 aliphatic rings. The van der Waals surface area contributed by atoms with Gasteiger partial charge < -0.3 is 24.3 Å². The van der Waals surface area contributed by atoms with Crippen molar-refractivity contribution < 1.29 is 18.8 Å². The number of hydrogen-bond donors (Lipinski definition) is 2. The molecule has 0 spiro atoms. The Morgan fingerprint density at radius 3 is 2.89 bits per heavy atom. The Bertz CT molecular complexity index is 1050. The second-order valence-corrected chi connectivity index (χ2v) is 7.43. The highest BCUT2D eigenvalue weighted by atomic mass is 16.7. The van der Waals surface area contributed by atoms with E-state index < -0.39 is 0 Å². The van der Waals surface area contributed by atoms with Gasteiger partial charge in [0.25, 0.3) is 11.8 Å². The van der Waals surface area contributed by atoms with E-state index in [1.165, 1.54) is 0 Å². The number of amides is 1. The standard InChI is InChI=1S/C18H17N5O4/c1-18(2)6-10-13(16(24)19-7-18)21-14(20-10)15-22-17(27-23-15)9-3-4-11-12(5-9)26-8-25-11/h3-5H,6-8H2,1-2H3,(H,19,24)(H,20,21). The van der Waals surface area contributed by atoms with Gasteiger partial charge in [-0.3, -0.25) is 4.79 Å². The zero-order valence-electron chi connectivity index (χ0n) is 14.8. The van der Waals surface area contributed by atoms with E-state index in [1.807, 2.05) is 6.07 Å². The lowest BCUT2D eigenvalue weighted by Crippen LogP contribution is -2.32. The smallest absolute Gasteiger partial charge is 0.271 e. The second kappa shape index (κ2) is 5.57. The van der Waals surface area contributed by atoms with Crippen molar-refractivity contribution in [2.24, 2.45) is 5.41 Å². The largest absolute Gasteiger partial charge is 0.454 e. The number of carbonyl (C=O) groups excluding carboxylic acids is 1. The topological polar surface area (TPSA) is 115 Å². The predicted octanol–water partition coefficient (Wildman–Crippen LogP) is 2.17. The predicted molar refractivity (Wildman–Crippen MR) is 93.3 cm³/mol. The number of hydrogen-bond acceptors (Lipinski definition) is 7. The third-order valence-electron chi connectivity index (χ3n) is 4.63. The zero-order valence-corrected chi connectivity index (χ0v) is 14.8. The lowest BCUT2D eigenvalue weighted by atomic mass is 9.88. The van der Waals surface area contributed by atoms with Crippen LogP contribution in [0.3, 0.4) is 0 Å². The molecule has 9 heteroatoms. The Morgan fingerprint density at radius 2 is 2.00 bits per heavy atom. The summed E-state index contributed by atoms with van der Waals surface area (Å²) < 4.78 is 16.1. The molecule has 4 heterocycles. The van der Waals surface area contributed by atoms with Crippen LogP contribution in [0, 0.1) is 5.41 Å². The summed E-state index contributed by atoms with van der Waals surface area (Å²) in [6.45, 7) is 4.98. The minimum Gasteiger partial charge on any atom is -0.454 e. The van der Waals surface area contributed by atoms with Gasteiger partial charge in [0, 0.05) is 17.8 Å². The molecule has 138 valence electrons. The first-order valence-electron chi connectivity index (χ1n) is 8.60. The number of nitrogens with one attached hydrogen (secondary N) is 2. The van der Waals surface area contributed by atoms with E-state index in [9.17, 15) is 4.79 Å². The zero-order chi connectivity index (χ0) is 18.6. The molecule has 2 aromatic heterocycles. The van der Waals surface area contributed by atoms with Crippen molar-refractivity contribution in [3.8, 4) is 34.6 Å². The summed E-state index contributed by atoms with van der Waals surface area (Å²) in [5, 5.41) is 6.90. The van der Waals surface area contributed by atoms with Crippen LogP contribution in [0.15, 0.2) is 22.7 Å². The van der Waals surface area contributed by atoms with Gasteiger partial charge in [0.2, 0.25) is 12.6 Å². The SMILES string of the molecule is CC1(C)CNC(=O)c2nc(-c3noc(-c4ccc5c(c4)OCO5)n3)[nH]c2C1. The number of imidazole rings is 1. The maximum atomic E-state index is 12.3. The number of H-pyrrole nitrogens is 1. The molecular formula is C18H17N5O4. The summed E-state index contributed by atoms with van der Waals surface area (Å²) >= 11 is 0. The highest BCUT2D eigenvalue weighted by molar-refractivity contribution is 5.94. The van der Waals surface area contributed by atoms with E-state index in [0.29, 0.717) is 53.3 Å². The van der Waals surface area contributed by atoms with Gasteiger partial charge >= 0.3 is 0 Å². The van der Waals surface area contributed by atoms with Gasteiger partial charge in [-0.1, -0.05) is 19.0 Å². The summed E-state index contributed by atoms with van der Waals surface area (Å²) in [4.78, 5) is 24.3. The van der Waals surface area contributed by atoms with Gasteiger partial charge in [-0.05, 0) is 30.0 Å². The van der Waals surface area contributed by atoms with E-state index >= 15 is 0 Å². The van der Waals surface area contributed by atoms with Crippen molar-refractivity contribution in [1.29, 1.82) is 0 Å².